The lowest BCUT2D eigenvalue weighted by molar-refractivity contribution is 0.189. The molecule has 7 heteroatoms. The molecule has 4 rings (SSSR count). The van der Waals surface area contributed by atoms with Crippen molar-refractivity contribution in [1.82, 2.24) is 9.21 Å². The molecular formula is C21H26FN3O2S. The van der Waals surface area contributed by atoms with Crippen LogP contribution in [0, 0.1) is 5.82 Å². The van der Waals surface area contributed by atoms with Crippen molar-refractivity contribution in [3.05, 3.63) is 59.9 Å². The highest BCUT2D eigenvalue weighted by Crippen LogP contribution is 2.43. The predicted octanol–water partition coefficient (Wildman–Crippen LogP) is 2.89. The quantitative estimate of drug-likeness (QED) is 0.788. The molecular weight excluding hydrogens is 377 g/mol. The van der Waals surface area contributed by atoms with Crippen LogP contribution >= 0.6 is 0 Å². The Hall–Kier alpha value is -1.96. The highest BCUT2D eigenvalue weighted by molar-refractivity contribution is 7.89. The predicted molar refractivity (Wildman–Crippen MR) is 108 cm³/mol. The molecule has 0 atom stereocenters. The van der Waals surface area contributed by atoms with Gasteiger partial charge < -0.3 is 4.90 Å². The first kappa shape index (κ1) is 19.4. The van der Waals surface area contributed by atoms with E-state index in [9.17, 15) is 12.8 Å². The molecule has 0 unspecified atom stereocenters. The molecule has 150 valence electrons. The van der Waals surface area contributed by atoms with Crippen LogP contribution in [0.25, 0.3) is 0 Å². The Kier molecular flexibility index (Phi) is 4.93. The maximum absolute atomic E-state index is 14.0. The number of sulfonamides is 1. The first-order chi connectivity index (χ1) is 13.3. The Balaban J connectivity index is 1.40. The summed E-state index contributed by atoms with van der Waals surface area (Å²) in [4.78, 5) is 4.73. The molecule has 0 amide bonds. The largest absolute Gasteiger partial charge is 0.367 e. The van der Waals surface area contributed by atoms with Crippen molar-refractivity contribution in [2.24, 2.45) is 0 Å². The SMILES string of the molecule is CC1(C)c2ccccc2S(=O)(=O)N1CCN1CCN(c2ccccc2F)CC1. The number of para-hydroxylation sites is 1. The monoisotopic (exact) mass is 403 g/mol. The van der Waals surface area contributed by atoms with Crippen molar-refractivity contribution >= 4 is 15.7 Å². The fraction of sp³-hybridized carbons (Fsp3) is 0.429. The highest BCUT2D eigenvalue weighted by Gasteiger charge is 2.47. The molecule has 28 heavy (non-hydrogen) atoms. The molecule has 0 aromatic heterocycles. The molecule has 2 aliphatic rings. The first-order valence-corrected chi connectivity index (χ1v) is 11.1. The number of halogens is 1. The van der Waals surface area contributed by atoms with Gasteiger partial charge in [-0.25, -0.2) is 12.8 Å². The third kappa shape index (κ3) is 3.21. The lowest BCUT2D eigenvalue weighted by Gasteiger charge is -2.38. The smallest absolute Gasteiger partial charge is 0.244 e. The van der Waals surface area contributed by atoms with Crippen LogP contribution in [-0.2, 0) is 15.6 Å². The summed E-state index contributed by atoms with van der Waals surface area (Å²) in [6.07, 6.45) is 0. The van der Waals surface area contributed by atoms with Crippen molar-refractivity contribution < 1.29 is 12.8 Å². The standard InChI is InChI=1S/C21H26FN3O2S/c1-21(2)17-7-3-6-10-20(17)28(26,27)25(21)16-13-23-11-14-24(15-12-23)19-9-5-4-8-18(19)22/h3-10H,11-16H2,1-2H3. The van der Waals surface area contributed by atoms with Crippen LogP contribution in [0.15, 0.2) is 53.4 Å². The highest BCUT2D eigenvalue weighted by atomic mass is 32.2. The third-order valence-electron chi connectivity index (χ3n) is 5.92. The van der Waals surface area contributed by atoms with E-state index in [1.807, 2.05) is 38.1 Å². The third-order valence-corrected chi connectivity index (χ3v) is 8.05. The molecule has 1 saturated heterocycles. The number of piperazine rings is 1. The number of nitrogens with zero attached hydrogens (tertiary/aromatic N) is 3. The van der Waals surface area contributed by atoms with Crippen LogP contribution in [0.3, 0.4) is 0 Å². The lowest BCUT2D eigenvalue weighted by atomic mass is 9.94. The lowest BCUT2D eigenvalue weighted by Crippen LogP contribution is -2.50. The molecule has 5 nitrogen and oxygen atoms in total. The van der Waals surface area contributed by atoms with Gasteiger partial charge in [-0.2, -0.15) is 4.31 Å². The van der Waals surface area contributed by atoms with Gasteiger partial charge in [-0.1, -0.05) is 30.3 Å². The molecule has 0 N–H and O–H groups in total. The average Bonchev–Trinajstić information content (AvgIpc) is 2.84. The Bertz CT molecular complexity index is 969. The Morgan fingerprint density at radius 2 is 1.57 bits per heavy atom. The molecule has 2 aromatic rings. The van der Waals surface area contributed by atoms with Gasteiger partial charge in [0.15, 0.2) is 0 Å². The van der Waals surface area contributed by atoms with Crippen molar-refractivity contribution in [3.8, 4) is 0 Å². The minimum absolute atomic E-state index is 0.196. The van der Waals surface area contributed by atoms with E-state index in [0.29, 0.717) is 23.7 Å². The summed E-state index contributed by atoms with van der Waals surface area (Å²) in [5, 5.41) is 0. The average molecular weight is 404 g/mol. The van der Waals surface area contributed by atoms with Crippen molar-refractivity contribution in [1.29, 1.82) is 0 Å². The Labute approximate surface area is 166 Å². The number of anilines is 1. The maximum atomic E-state index is 14.0. The summed E-state index contributed by atoms with van der Waals surface area (Å²) < 4.78 is 41.6. The number of fused-ring (bicyclic) bond motifs is 1. The first-order valence-electron chi connectivity index (χ1n) is 9.66. The summed E-state index contributed by atoms with van der Waals surface area (Å²) in [7, 11) is -3.47. The molecule has 0 saturated carbocycles. The van der Waals surface area contributed by atoms with Gasteiger partial charge in [-0.3, -0.25) is 4.90 Å². The van der Waals surface area contributed by atoms with Gasteiger partial charge in [-0.15, -0.1) is 0 Å². The van der Waals surface area contributed by atoms with Gasteiger partial charge >= 0.3 is 0 Å². The van der Waals surface area contributed by atoms with Gasteiger partial charge in [0.1, 0.15) is 5.82 Å². The van der Waals surface area contributed by atoms with Crippen LogP contribution < -0.4 is 4.90 Å². The zero-order valence-electron chi connectivity index (χ0n) is 16.3. The molecule has 2 aromatic carbocycles. The molecule has 1 fully saturated rings. The van der Waals surface area contributed by atoms with E-state index < -0.39 is 15.6 Å². The Morgan fingerprint density at radius 1 is 0.929 bits per heavy atom. The topological polar surface area (TPSA) is 43.9 Å². The van der Waals surface area contributed by atoms with Crippen LogP contribution in [0.1, 0.15) is 19.4 Å². The van der Waals surface area contributed by atoms with Crippen LogP contribution in [0.2, 0.25) is 0 Å². The van der Waals surface area contributed by atoms with E-state index in [1.54, 1.807) is 22.5 Å². The number of hydrogen-bond donors (Lipinski definition) is 0. The molecule has 0 radical (unpaired) electrons. The van der Waals surface area contributed by atoms with E-state index >= 15 is 0 Å². The van der Waals surface area contributed by atoms with Crippen molar-refractivity contribution in [3.63, 3.8) is 0 Å². The second-order valence-corrected chi connectivity index (χ2v) is 9.74. The maximum Gasteiger partial charge on any atom is 0.244 e. The van der Waals surface area contributed by atoms with Gasteiger partial charge in [0, 0.05) is 39.3 Å². The minimum Gasteiger partial charge on any atom is -0.367 e. The van der Waals surface area contributed by atoms with Gasteiger partial charge in [0.2, 0.25) is 10.0 Å². The summed E-state index contributed by atoms with van der Waals surface area (Å²) in [6, 6.07) is 14.1. The number of benzene rings is 2. The zero-order valence-corrected chi connectivity index (χ0v) is 17.1. The molecule has 2 aliphatic heterocycles. The van der Waals surface area contributed by atoms with E-state index in [4.69, 9.17) is 0 Å². The second-order valence-electron chi connectivity index (χ2n) is 7.91. The van der Waals surface area contributed by atoms with E-state index in [1.165, 1.54) is 6.07 Å². The minimum atomic E-state index is -3.47. The van der Waals surface area contributed by atoms with Gasteiger partial charge in [0.25, 0.3) is 0 Å². The fourth-order valence-electron chi connectivity index (χ4n) is 4.30. The summed E-state index contributed by atoms with van der Waals surface area (Å²) in [5.74, 6) is -0.196. The van der Waals surface area contributed by atoms with Crippen LogP contribution in [-0.4, -0.2) is 56.9 Å². The van der Waals surface area contributed by atoms with Crippen molar-refractivity contribution in [2.45, 2.75) is 24.3 Å². The molecule has 2 heterocycles. The molecule has 0 spiro atoms. The molecule has 0 bridgehead atoms. The zero-order chi connectivity index (χ0) is 19.9. The van der Waals surface area contributed by atoms with Gasteiger partial charge in [-0.05, 0) is 37.6 Å². The number of hydrogen-bond acceptors (Lipinski definition) is 4. The van der Waals surface area contributed by atoms with Crippen LogP contribution in [0.4, 0.5) is 10.1 Å². The van der Waals surface area contributed by atoms with E-state index in [-0.39, 0.29) is 5.82 Å². The second kappa shape index (κ2) is 7.13. The number of rotatable bonds is 4. The van der Waals surface area contributed by atoms with Gasteiger partial charge in [0.05, 0.1) is 16.1 Å². The van der Waals surface area contributed by atoms with E-state index in [2.05, 4.69) is 9.80 Å². The Morgan fingerprint density at radius 3 is 2.25 bits per heavy atom. The normalized spacial score (nSPS) is 21.6. The summed E-state index contributed by atoms with van der Waals surface area (Å²) >= 11 is 0. The fourth-order valence-corrected chi connectivity index (χ4v) is 6.41. The van der Waals surface area contributed by atoms with E-state index in [0.717, 1.165) is 31.7 Å². The van der Waals surface area contributed by atoms with Crippen LogP contribution in [0.5, 0.6) is 0 Å². The summed E-state index contributed by atoms with van der Waals surface area (Å²) in [6.45, 7) is 8.09. The van der Waals surface area contributed by atoms with Crippen molar-refractivity contribution in [2.75, 3.05) is 44.2 Å². The molecule has 0 aliphatic carbocycles. The summed E-state index contributed by atoms with van der Waals surface area (Å²) in [5.41, 5.74) is 0.949.